The molecule has 0 saturated heterocycles. The molecule has 0 spiro atoms. The lowest BCUT2D eigenvalue weighted by molar-refractivity contribution is 0.102. The molecule has 5 heteroatoms. The fourth-order valence-electron chi connectivity index (χ4n) is 1.67. The molecule has 0 aromatic heterocycles. The third-order valence-electron chi connectivity index (χ3n) is 2.84. The number of methoxy groups -OCH3 is 1. The first kappa shape index (κ1) is 14.9. The molecule has 0 aliphatic heterocycles. The van der Waals surface area contributed by atoms with Crippen LogP contribution in [0.2, 0.25) is 5.02 Å². The highest BCUT2D eigenvalue weighted by atomic mass is 79.9. The van der Waals surface area contributed by atoms with E-state index in [1.165, 1.54) is 0 Å². The lowest BCUT2D eigenvalue weighted by Gasteiger charge is -2.09. The maximum absolute atomic E-state index is 12.1. The van der Waals surface area contributed by atoms with Crippen LogP contribution >= 0.6 is 27.5 Å². The van der Waals surface area contributed by atoms with Gasteiger partial charge in [0.15, 0.2) is 0 Å². The maximum atomic E-state index is 12.1. The monoisotopic (exact) mass is 353 g/mol. The Hall–Kier alpha value is -1.52. The van der Waals surface area contributed by atoms with E-state index in [9.17, 15) is 4.79 Å². The number of carbonyl (C=O) groups is 1. The summed E-state index contributed by atoms with van der Waals surface area (Å²) in [6.45, 7) is 1.89. The molecule has 0 atom stereocenters. The van der Waals surface area contributed by atoms with Gasteiger partial charge in [-0.15, -0.1) is 0 Å². The summed E-state index contributed by atoms with van der Waals surface area (Å²) >= 11 is 9.39. The Morgan fingerprint density at radius 3 is 2.65 bits per heavy atom. The van der Waals surface area contributed by atoms with Crippen molar-refractivity contribution in [1.29, 1.82) is 0 Å². The van der Waals surface area contributed by atoms with E-state index in [0.29, 0.717) is 22.0 Å². The van der Waals surface area contributed by atoms with Crippen LogP contribution in [0.5, 0.6) is 5.75 Å². The van der Waals surface area contributed by atoms with Crippen LogP contribution in [0.1, 0.15) is 15.9 Å². The van der Waals surface area contributed by atoms with Crippen molar-refractivity contribution in [1.82, 2.24) is 0 Å². The van der Waals surface area contributed by atoms with Gasteiger partial charge in [-0.25, -0.2) is 0 Å². The van der Waals surface area contributed by atoms with Crippen molar-refractivity contribution in [3.05, 3.63) is 57.0 Å². The topological polar surface area (TPSA) is 38.3 Å². The Morgan fingerprint density at radius 2 is 2.00 bits per heavy atom. The fraction of sp³-hybridized carbons (Fsp3) is 0.133. The van der Waals surface area contributed by atoms with Gasteiger partial charge in [-0.1, -0.05) is 17.7 Å². The Bertz CT molecular complexity index is 658. The van der Waals surface area contributed by atoms with Gasteiger partial charge in [0.05, 0.1) is 11.6 Å². The quantitative estimate of drug-likeness (QED) is 0.869. The zero-order valence-electron chi connectivity index (χ0n) is 11.0. The first-order chi connectivity index (χ1) is 9.51. The molecule has 0 aliphatic rings. The van der Waals surface area contributed by atoms with Crippen molar-refractivity contribution in [2.75, 3.05) is 12.4 Å². The summed E-state index contributed by atoms with van der Waals surface area (Å²) in [6.07, 6.45) is 0. The average Bonchev–Trinajstić information content (AvgIpc) is 2.43. The summed E-state index contributed by atoms with van der Waals surface area (Å²) in [5, 5.41) is 3.38. The van der Waals surface area contributed by atoms with Crippen LogP contribution in [0.15, 0.2) is 40.9 Å². The van der Waals surface area contributed by atoms with Gasteiger partial charge in [-0.2, -0.15) is 0 Å². The van der Waals surface area contributed by atoms with Crippen molar-refractivity contribution in [3.63, 3.8) is 0 Å². The molecule has 1 N–H and O–H groups in total. The predicted molar refractivity (Wildman–Crippen MR) is 84.8 cm³/mol. The lowest BCUT2D eigenvalue weighted by atomic mass is 10.1. The number of nitrogens with one attached hydrogen (secondary N) is 1. The van der Waals surface area contributed by atoms with E-state index >= 15 is 0 Å². The fourth-order valence-corrected chi connectivity index (χ4v) is 2.26. The molecular weight excluding hydrogens is 342 g/mol. The number of rotatable bonds is 3. The summed E-state index contributed by atoms with van der Waals surface area (Å²) in [7, 11) is 1.57. The van der Waals surface area contributed by atoms with Gasteiger partial charge in [0.25, 0.3) is 5.91 Å². The molecule has 2 aromatic carbocycles. The summed E-state index contributed by atoms with van der Waals surface area (Å²) in [5.74, 6) is 0.445. The van der Waals surface area contributed by atoms with E-state index in [0.717, 1.165) is 10.0 Å². The molecule has 0 radical (unpaired) electrons. The zero-order valence-corrected chi connectivity index (χ0v) is 13.4. The minimum Gasteiger partial charge on any atom is -0.495 e. The molecule has 2 rings (SSSR count). The third-order valence-corrected chi connectivity index (χ3v) is 3.91. The number of ether oxygens (including phenoxy) is 1. The highest BCUT2D eigenvalue weighted by Crippen LogP contribution is 2.28. The second-order valence-electron chi connectivity index (χ2n) is 4.27. The van der Waals surface area contributed by atoms with Crippen LogP contribution in [0, 0.1) is 6.92 Å². The van der Waals surface area contributed by atoms with Gasteiger partial charge in [-0.05, 0) is 52.7 Å². The minimum atomic E-state index is -0.212. The molecule has 104 valence electrons. The normalized spacial score (nSPS) is 10.2. The van der Waals surface area contributed by atoms with Crippen molar-refractivity contribution in [2.45, 2.75) is 6.92 Å². The van der Waals surface area contributed by atoms with E-state index in [1.54, 1.807) is 31.4 Å². The number of hydrogen-bond donors (Lipinski definition) is 1. The van der Waals surface area contributed by atoms with Crippen molar-refractivity contribution in [3.8, 4) is 5.75 Å². The highest BCUT2D eigenvalue weighted by molar-refractivity contribution is 9.10. The van der Waals surface area contributed by atoms with Gasteiger partial charge in [0.1, 0.15) is 5.75 Å². The molecule has 2 aromatic rings. The summed E-state index contributed by atoms with van der Waals surface area (Å²) in [5.41, 5.74) is 2.11. The van der Waals surface area contributed by atoms with Gasteiger partial charge < -0.3 is 10.1 Å². The van der Waals surface area contributed by atoms with E-state index in [-0.39, 0.29) is 5.91 Å². The molecule has 0 unspecified atom stereocenters. The van der Waals surface area contributed by atoms with E-state index in [4.69, 9.17) is 16.3 Å². The number of amides is 1. The third kappa shape index (κ3) is 3.32. The first-order valence-electron chi connectivity index (χ1n) is 5.92. The SMILES string of the molecule is COc1cc(NC(=O)c2ccc(C)c(Cl)c2)ccc1Br. The average molecular weight is 355 g/mol. The molecule has 0 aliphatic carbocycles. The van der Waals surface area contributed by atoms with Crippen molar-refractivity contribution >= 4 is 39.1 Å². The highest BCUT2D eigenvalue weighted by Gasteiger charge is 2.09. The standard InChI is InChI=1S/C15H13BrClNO2/c1-9-3-4-10(7-13(9)17)15(19)18-11-5-6-12(16)14(8-11)20-2/h3-8H,1-2H3,(H,18,19). The number of aryl methyl sites for hydroxylation is 1. The Balaban J connectivity index is 2.21. The molecule has 20 heavy (non-hydrogen) atoms. The van der Waals surface area contributed by atoms with Crippen LogP contribution in [0.3, 0.4) is 0 Å². The summed E-state index contributed by atoms with van der Waals surface area (Å²) in [4.78, 5) is 12.1. The lowest BCUT2D eigenvalue weighted by Crippen LogP contribution is -2.12. The van der Waals surface area contributed by atoms with Crippen LogP contribution in [-0.4, -0.2) is 13.0 Å². The number of halogens is 2. The van der Waals surface area contributed by atoms with Crippen LogP contribution in [0.25, 0.3) is 0 Å². The van der Waals surface area contributed by atoms with Crippen molar-refractivity contribution < 1.29 is 9.53 Å². The van der Waals surface area contributed by atoms with Crippen LogP contribution < -0.4 is 10.1 Å². The number of hydrogen-bond acceptors (Lipinski definition) is 2. The zero-order chi connectivity index (χ0) is 14.7. The Labute approximate surface area is 131 Å². The van der Waals surface area contributed by atoms with Gasteiger partial charge in [0.2, 0.25) is 0 Å². The van der Waals surface area contributed by atoms with E-state index in [1.807, 2.05) is 19.1 Å². The molecule has 0 fully saturated rings. The first-order valence-corrected chi connectivity index (χ1v) is 7.09. The van der Waals surface area contributed by atoms with Crippen LogP contribution in [0.4, 0.5) is 5.69 Å². The molecule has 0 bridgehead atoms. The molecule has 0 saturated carbocycles. The summed E-state index contributed by atoms with van der Waals surface area (Å²) in [6, 6.07) is 10.6. The number of benzene rings is 2. The smallest absolute Gasteiger partial charge is 0.255 e. The van der Waals surface area contributed by atoms with Gasteiger partial charge in [0, 0.05) is 22.3 Å². The Morgan fingerprint density at radius 1 is 1.25 bits per heavy atom. The maximum Gasteiger partial charge on any atom is 0.255 e. The second kappa shape index (κ2) is 6.29. The number of carbonyl (C=O) groups excluding carboxylic acids is 1. The largest absolute Gasteiger partial charge is 0.495 e. The number of anilines is 1. The molecule has 3 nitrogen and oxygen atoms in total. The minimum absolute atomic E-state index is 0.212. The van der Waals surface area contributed by atoms with Gasteiger partial charge >= 0.3 is 0 Å². The van der Waals surface area contributed by atoms with Crippen molar-refractivity contribution in [2.24, 2.45) is 0 Å². The van der Waals surface area contributed by atoms with E-state index < -0.39 is 0 Å². The summed E-state index contributed by atoms with van der Waals surface area (Å²) < 4.78 is 6.02. The van der Waals surface area contributed by atoms with Gasteiger partial charge in [-0.3, -0.25) is 4.79 Å². The molecule has 0 heterocycles. The predicted octanol–water partition coefficient (Wildman–Crippen LogP) is 4.67. The van der Waals surface area contributed by atoms with Crippen LogP contribution in [-0.2, 0) is 0 Å². The molecule has 1 amide bonds. The Kier molecular flexibility index (Phi) is 4.68. The molecular formula is C15H13BrClNO2. The second-order valence-corrected chi connectivity index (χ2v) is 5.53. The van der Waals surface area contributed by atoms with E-state index in [2.05, 4.69) is 21.2 Å².